The summed E-state index contributed by atoms with van der Waals surface area (Å²) in [4.78, 5) is 15.6. The summed E-state index contributed by atoms with van der Waals surface area (Å²) >= 11 is 0. The van der Waals surface area contributed by atoms with Crippen LogP contribution in [0.5, 0.6) is 0 Å². The van der Waals surface area contributed by atoms with E-state index in [1.54, 1.807) is 0 Å². The van der Waals surface area contributed by atoms with E-state index in [4.69, 9.17) is 9.52 Å². The van der Waals surface area contributed by atoms with Gasteiger partial charge in [0.1, 0.15) is 5.52 Å². The van der Waals surface area contributed by atoms with Gasteiger partial charge in [-0.25, -0.2) is 4.98 Å². The summed E-state index contributed by atoms with van der Waals surface area (Å²) in [6.07, 6.45) is 5.69. The molecule has 0 unspecified atom stereocenters. The Labute approximate surface area is 128 Å². The molecule has 0 radical (unpaired) electrons. The van der Waals surface area contributed by atoms with Crippen molar-refractivity contribution < 1.29 is 14.3 Å². The monoisotopic (exact) mass is 300 g/mol. The van der Waals surface area contributed by atoms with E-state index in [2.05, 4.69) is 10.3 Å². The molecular formula is C17H20N2O3. The van der Waals surface area contributed by atoms with Gasteiger partial charge in [-0.3, -0.25) is 4.79 Å². The van der Waals surface area contributed by atoms with Crippen molar-refractivity contribution in [3.05, 3.63) is 24.1 Å². The predicted molar refractivity (Wildman–Crippen MR) is 83.0 cm³/mol. The fraction of sp³-hybridized carbons (Fsp3) is 0.529. The molecule has 0 bridgehead atoms. The van der Waals surface area contributed by atoms with Crippen molar-refractivity contribution in [3.8, 4) is 0 Å². The highest BCUT2D eigenvalue weighted by Gasteiger charge is 2.29. The van der Waals surface area contributed by atoms with E-state index in [1.807, 2.05) is 18.2 Å². The number of aromatic nitrogens is 1. The van der Waals surface area contributed by atoms with Gasteiger partial charge in [-0.15, -0.1) is 0 Å². The molecule has 116 valence electrons. The summed E-state index contributed by atoms with van der Waals surface area (Å²) in [5.41, 5.74) is 2.80. The number of aliphatic carboxylic acids is 1. The Balaban J connectivity index is 1.44. The van der Waals surface area contributed by atoms with Gasteiger partial charge < -0.3 is 14.8 Å². The van der Waals surface area contributed by atoms with Crippen LogP contribution in [0.4, 0.5) is 5.69 Å². The second-order valence-electron chi connectivity index (χ2n) is 6.54. The maximum absolute atomic E-state index is 11.0. The van der Waals surface area contributed by atoms with Crippen LogP contribution in [0.3, 0.4) is 0 Å². The molecule has 2 aliphatic rings. The summed E-state index contributed by atoms with van der Waals surface area (Å²) < 4.78 is 5.77. The molecule has 0 amide bonds. The molecule has 5 heteroatoms. The zero-order chi connectivity index (χ0) is 15.1. The number of nitrogens with one attached hydrogen (secondary N) is 1. The quantitative estimate of drug-likeness (QED) is 0.899. The molecule has 2 aromatic rings. The van der Waals surface area contributed by atoms with Crippen molar-refractivity contribution in [2.75, 3.05) is 5.32 Å². The first-order chi connectivity index (χ1) is 10.7. The number of oxazole rings is 1. The summed E-state index contributed by atoms with van der Waals surface area (Å²) in [7, 11) is 0. The van der Waals surface area contributed by atoms with Gasteiger partial charge in [0.25, 0.3) is 0 Å². The average Bonchev–Trinajstić information content (AvgIpc) is 3.28. The van der Waals surface area contributed by atoms with Gasteiger partial charge >= 0.3 is 5.97 Å². The van der Waals surface area contributed by atoms with E-state index in [0.717, 1.165) is 48.4 Å². The lowest BCUT2D eigenvalue weighted by Crippen LogP contribution is -2.29. The van der Waals surface area contributed by atoms with Crippen molar-refractivity contribution in [1.82, 2.24) is 4.98 Å². The van der Waals surface area contributed by atoms with Crippen LogP contribution in [-0.2, 0) is 4.79 Å². The Kier molecular flexibility index (Phi) is 3.28. The summed E-state index contributed by atoms with van der Waals surface area (Å²) in [6.45, 7) is 0. The smallest absolute Gasteiger partial charge is 0.306 e. The van der Waals surface area contributed by atoms with Gasteiger partial charge in [-0.05, 0) is 56.7 Å². The molecule has 1 heterocycles. The maximum atomic E-state index is 11.0. The maximum Gasteiger partial charge on any atom is 0.306 e. The lowest BCUT2D eigenvalue weighted by Gasteiger charge is -2.27. The van der Waals surface area contributed by atoms with Gasteiger partial charge in [0, 0.05) is 17.6 Å². The van der Waals surface area contributed by atoms with Crippen molar-refractivity contribution >= 4 is 22.8 Å². The first-order valence-electron chi connectivity index (χ1n) is 8.09. The van der Waals surface area contributed by atoms with E-state index in [-0.39, 0.29) is 5.92 Å². The number of anilines is 1. The molecule has 1 aromatic heterocycles. The molecule has 0 atom stereocenters. The van der Waals surface area contributed by atoms with Crippen molar-refractivity contribution in [1.29, 1.82) is 0 Å². The standard InChI is InChI=1S/C17H20N2O3/c20-17(21)11-3-5-12(6-4-11)18-13-7-8-15-14(9-13)19-16(22-15)10-1-2-10/h7-12,18H,1-6H2,(H,20,21). The number of carbonyl (C=O) groups is 1. The molecule has 2 fully saturated rings. The van der Waals surface area contributed by atoms with Crippen LogP contribution in [0, 0.1) is 5.92 Å². The second kappa shape index (κ2) is 5.30. The van der Waals surface area contributed by atoms with Crippen molar-refractivity contribution in [3.63, 3.8) is 0 Å². The number of hydrogen-bond acceptors (Lipinski definition) is 4. The predicted octanol–water partition coefficient (Wildman–Crippen LogP) is 3.76. The Morgan fingerprint density at radius 2 is 1.95 bits per heavy atom. The first kappa shape index (κ1) is 13.6. The summed E-state index contributed by atoms with van der Waals surface area (Å²) in [6, 6.07) is 6.38. The molecule has 1 aromatic carbocycles. The van der Waals surface area contributed by atoms with Crippen LogP contribution in [-0.4, -0.2) is 22.1 Å². The van der Waals surface area contributed by atoms with Crippen molar-refractivity contribution in [2.45, 2.75) is 50.5 Å². The number of benzene rings is 1. The minimum atomic E-state index is -0.657. The van der Waals surface area contributed by atoms with E-state index < -0.39 is 5.97 Å². The highest BCUT2D eigenvalue weighted by molar-refractivity contribution is 5.77. The third kappa shape index (κ3) is 2.67. The molecule has 0 spiro atoms. The molecular weight excluding hydrogens is 280 g/mol. The van der Waals surface area contributed by atoms with Crippen LogP contribution < -0.4 is 5.32 Å². The molecule has 2 N–H and O–H groups in total. The summed E-state index contributed by atoms with van der Waals surface area (Å²) in [5.74, 6) is 0.566. The normalized spacial score (nSPS) is 25.3. The number of fused-ring (bicyclic) bond motifs is 1. The Morgan fingerprint density at radius 3 is 2.64 bits per heavy atom. The van der Waals surface area contributed by atoms with Crippen LogP contribution in [0.2, 0.25) is 0 Å². The lowest BCUT2D eigenvalue weighted by atomic mass is 9.86. The van der Waals surface area contributed by atoms with Gasteiger partial charge in [0.15, 0.2) is 11.5 Å². The molecule has 5 nitrogen and oxygen atoms in total. The molecule has 22 heavy (non-hydrogen) atoms. The van der Waals surface area contributed by atoms with E-state index in [1.165, 1.54) is 12.8 Å². The molecule has 2 aliphatic carbocycles. The van der Waals surface area contributed by atoms with Crippen LogP contribution in [0.25, 0.3) is 11.1 Å². The van der Waals surface area contributed by atoms with Crippen LogP contribution >= 0.6 is 0 Å². The zero-order valence-electron chi connectivity index (χ0n) is 12.4. The number of carboxylic acid groups (broad SMARTS) is 1. The minimum Gasteiger partial charge on any atom is -0.481 e. The van der Waals surface area contributed by atoms with Crippen LogP contribution in [0.15, 0.2) is 22.6 Å². The van der Waals surface area contributed by atoms with E-state index in [9.17, 15) is 4.79 Å². The summed E-state index contributed by atoms with van der Waals surface area (Å²) in [5, 5.41) is 12.6. The second-order valence-corrected chi connectivity index (χ2v) is 6.54. The largest absolute Gasteiger partial charge is 0.481 e. The van der Waals surface area contributed by atoms with E-state index >= 15 is 0 Å². The number of rotatable bonds is 4. The Bertz CT molecular complexity index is 697. The third-order valence-corrected chi connectivity index (χ3v) is 4.78. The fourth-order valence-electron chi connectivity index (χ4n) is 3.26. The molecule has 4 rings (SSSR count). The van der Waals surface area contributed by atoms with Gasteiger partial charge in [-0.2, -0.15) is 0 Å². The zero-order valence-corrected chi connectivity index (χ0v) is 12.4. The highest BCUT2D eigenvalue weighted by atomic mass is 16.4. The number of carboxylic acids is 1. The lowest BCUT2D eigenvalue weighted by molar-refractivity contribution is -0.142. The van der Waals surface area contributed by atoms with E-state index in [0.29, 0.717) is 12.0 Å². The first-order valence-corrected chi connectivity index (χ1v) is 8.09. The topological polar surface area (TPSA) is 75.4 Å². The number of nitrogens with zero attached hydrogens (tertiary/aromatic N) is 1. The highest BCUT2D eigenvalue weighted by Crippen LogP contribution is 2.40. The minimum absolute atomic E-state index is 0.169. The molecule has 0 aliphatic heterocycles. The van der Waals surface area contributed by atoms with Crippen LogP contribution in [0.1, 0.15) is 50.3 Å². The van der Waals surface area contributed by atoms with Crippen molar-refractivity contribution in [2.24, 2.45) is 5.92 Å². The average molecular weight is 300 g/mol. The fourth-order valence-corrected chi connectivity index (χ4v) is 3.26. The Hall–Kier alpha value is -2.04. The SMILES string of the molecule is O=C(O)C1CCC(Nc2ccc3oc(C4CC4)nc3c2)CC1. The van der Waals surface area contributed by atoms with Gasteiger partial charge in [-0.1, -0.05) is 0 Å². The number of hydrogen-bond donors (Lipinski definition) is 2. The molecule has 2 saturated carbocycles. The Morgan fingerprint density at radius 1 is 1.18 bits per heavy atom. The van der Waals surface area contributed by atoms with Gasteiger partial charge in [0.05, 0.1) is 5.92 Å². The van der Waals surface area contributed by atoms with Gasteiger partial charge in [0.2, 0.25) is 0 Å². The molecule has 0 saturated heterocycles. The third-order valence-electron chi connectivity index (χ3n) is 4.78.